The van der Waals surface area contributed by atoms with Crippen LogP contribution in [0.1, 0.15) is 25.3 Å². The lowest BCUT2D eigenvalue weighted by molar-refractivity contribution is -0.137. The van der Waals surface area contributed by atoms with Crippen LogP contribution < -0.4 is 5.32 Å². The van der Waals surface area contributed by atoms with Crippen molar-refractivity contribution < 1.29 is 19.1 Å². The first-order valence-corrected chi connectivity index (χ1v) is 6.72. The number of nitrogens with one attached hydrogen (secondary N) is 2. The first kappa shape index (κ1) is 15.0. The molecule has 0 spiro atoms. The Morgan fingerprint density at radius 3 is 2.90 bits per heavy atom. The third-order valence-corrected chi connectivity index (χ3v) is 3.28. The van der Waals surface area contributed by atoms with Crippen molar-refractivity contribution in [1.82, 2.24) is 10.3 Å². The summed E-state index contributed by atoms with van der Waals surface area (Å²) < 4.78 is 13.1. The van der Waals surface area contributed by atoms with Gasteiger partial charge in [0.15, 0.2) is 0 Å². The summed E-state index contributed by atoms with van der Waals surface area (Å²) in [5, 5.41) is 12.2. The van der Waals surface area contributed by atoms with E-state index in [1.807, 2.05) is 0 Å². The molecule has 2 aromatic rings. The highest BCUT2D eigenvalue weighted by Gasteiger charge is 2.12. The van der Waals surface area contributed by atoms with Crippen molar-refractivity contribution in [2.45, 2.75) is 32.2 Å². The Balaban J connectivity index is 1.96. The lowest BCUT2D eigenvalue weighted by Gasteiger charge is -2.12. The first-order valence-electron chi connectivity index (χ1n) is 6.72. The Labute approximate surface area is 121 Å². The van der Waals surface area contributed by atoms with Crippen molar-refractivity contribution in [3.8, 4) is 0 Å². The molecule has 0 aliphatic heterocycles. The summed E-state index contributed by atoms with van der Waals surface area (Å²) in [6, 6.07) is 4.17. The summed E-state index contributed by atoms with van der Waals surface area (Å²) in [6.45, 7) is 1.77. The van der Waals surface area contributed by atoms with Gasteiger partial charge in [-0.15, -0.1) is 0 Å². The van der Waals surface area contributed by atoms with Crippen molar-refractivity contribution in [2.24, 2.45) is 0 Å². The standard InChI is InChI=1S/C15H17FN2O3/c1-9(2-5-15(20)21)18-14(19)6-10-8-17-13-7-11(16)3-4-12(10)13/h3-4,7-9,17H,2,5-6H2,1H3,(H,18,19)(H,20,21). The molecule has 0 aliphatic rings. The summed E-state index contributed by atoms with van der Waals surface area (Å²) in [6.07, 6.45) is 2.27. The number of carbonyl (C=O) groups is 2. The number of aromatic nitrogens is 1. The quantitative estimate of drug-likeness (QED) is 0.763. The molecule has 0 saturated carbocycles. The number of aliphatic carboxylic acids is 1. The molecule has 1 aromatic carbocycles. The molecule has 1 amide bonds. The predicted molar refractivity (Wildman–Crippen MR) is 76.4 cm³/mol. The van der Waals surface area contributed by atoms with E-state index in [0.717, 1.165) is 10.9 Å². The van der Waals surface area contributed by atoms with Crippen LogP contribution in [0.5, 0.6) is 0 Å². The van der Waals surface area contributed by atoms with Gasteiger partial charge in [-0.3, -0.25) is 9.59 Å². The van der Waals surface area contributed by atoms with E-state index in [9.17, 15) is 14.0 Å². The van der Waals surface area contributed by atoms with Gasteiger partial charge in [-0.05, 0) is 37.1 Å². The lowest BCUT2D eigenvalue weighted by Crippen LogP contribution is -2.34. The lowest BCUT2D eigenvalue weighted by atomic mass is 10.1. The van der Waals surface area contributed by atoms with Gasteiger partial charge in [0.1, 0.15) is 5.82 Å². The molecule has 1 atom stereocenters. The van der Waals surface area contributed by atoms with Gasteiger partial charge in [0.2, 0.25) is 5.91 Å². The second-order valence-electron chi connectivity index (χ2n) is 5.08. The normalized spacial score (nSPS) is 12.3. The monoisotopic (exact) mass is 292 g/mol. The van der Waals surface area contributed by atoms with Crippen molar-refractivity contribution >= 4 is 22.8 Å². The Hall–Kier alpha value is -2.37. The highest BCUT2D eigenvalue weighted by molar-refractivity contribution is 5.89. The maximum atomic E-state index is 13.1. The summed E-state index contributed by atoms with van der Waals surface area (Å²) in [4.78, 5) is 25.3. The number of rotatable bonds is 6. The number of benzene rings is 1. The zero-order chi connectivity index (χ0) is 15.4. The van der Waals surface area contributed by atoms with E-state index in [2.05, 4.69) is 10.3 Å². The number of aromatic amines is 1. The van der Waals surface area contributed by atoms with Crippen LogP contribution in [0.15, 0.2) is 24.4 Å². The minimum Gasteiger partial charge on any atom is -0.481 e. The predicted octanol–water partition coefficient (Wildman–Crippen LogP) is 2.22. The van der Waals surface area contributed by atoms with E-state index in [0.29, 0.717) is 11.9 Å². The smallest absolute Gasteiger partial charge is 0.303 e. The maximum Gasteiger partial charge on any atom is 0.303 e. The van der Waals surface area contributed by atoms with Gasteiger partial charge in [0, 0.05) is 29.6 Å². The minimum absolute atomic E-state index is 0.0216. The van der Waals surface area contributed by atoms with Gasteiger partial charge in [0.05, 0.1) is 6.42 Å². The van der Waals surface area contributed by atoms with Gasteiger partial charge in [-0.25, -0.2) is 4.39 Å². The molecule has 1 unspecified atom stereocenters. The number of carboxylic acid groups (broad SMARTS) is 1. The molecule has 0 saturated heterocycles. The zero-order valence-corrected chi connectivity index (χ0v) is 11.6. The maximum absolute atomic E-state index is 13.1. The Morgan fingerprint density at radius 1 is 1.43 bits per heavy atom. The molecule has 112 valence electrons. The molecule has 0 fully saturated rings. The number of hydrogen-bond acceptors (Lipinski definition) is 2. The van der Waals surface area contributed by atoms with Gasteiger partial charge in [-0.1, -0.05) is 0 Å². The fraction of sp³-hybridized carbons (Fsp3) is 0.333. The van der Waals surface area contributed by atoms with E-state index in [1.165, 1.54) is 12.1 Å². The van der Waals surface area contributed by atoms with Gasteiger partial charge in [0.25, 0.3) is 0 Å². The molecule has 3 N–H and O–H groups in total. The second kappa shape index (κ2) is 6.39. The third kappa shape index (κ3) is 4.05. The molecule has 5 nitrogen and oxygen atoms in total. The number of carbonyl (C=O) groups excluding carboxylic acids is 1. The topological polar surface area (TPSA) is 82.2 Å². The Bertz CT molecular complexity index is 666. The average Bonchev–Trinajstić information content (AvgIpc) is 2.78. The minimum atomic E-state index is -0.880. The molecule has 21 heavy (non-hydrogen) atoms. The molecule has 0 aliphatic carbocycles. The number of hydrogen-bond donors (Lipinski definition) is 3. The van der Waals surface area contributed by atoms with Crippen LogP contribution in [-0.4, -0.2) is 28.0 Å². The van der Waals surface area contributed by atoms with E-state index in [4.69, 9.17) is 5.11 Å². The fourth-order valence-corrected chi connectivity index (χ4v) is 2.22. The molecule has 0 radical (unpaired) electrons. The second-order valence-corrected chi connectivity index (χ2v) is 5.08. The van der Waals surface area contributed by atoms with Gasteiger partial charge in [-0.2, -0.15) is 0 Å². The van der Waals surface area contributed by atoms with E-state index in [-0.39, 0.29) is 30.6 Å². The van der Waals surface area contributed by atoms with Gasteiger partial charge >= 0.3 is 5.97 Å². The van der Waals surface area contributed by atoms with Crippen molar-refractivity contribution in [3.05, 3.63) is 35.8 Å². The van der Waals surface area contributed by atoms with Crippen LogP contribution >= 0.6 is 0 Å². The van der Waals surface area contributed by atoms with Crippen molar-refractivity contribution in [2.75, 3.05) is 0 Å². The van der Waals surface area contributed by atoms with E-state index in [1.54, 1.807) is 19.2 Å². The molecular formula is C15H17FN2O3. The van der Waals surface area contributed by atoms with Crippen LogP contribution in [-0.2, 0) is 16.0 Å². The van der Waals surface area contributed by atoms with E-state index >= 15 is 0 Å². The number of fused-ring (bicyclic) bond motifs is 1. The van der Waals surface area contributed by atoms with Crippen LogP contribution in [0.2, 0.25) is 0 Å². The van der Waals surface area contributed by atoms with Crippen molar-refractivity contribution in [3.63, 3.8) is 0 Å². The summed E-state index contributed by atoms with van der Waals surface area (Å²) in [7, 11) is 0. The molecule has 1 heterocycles. The Morgan fingerprint density at radius 2 is 2.19 bits per heavy atom. The van der Waals surface area contributed by atoms with Crippen LogP contribution in [0.25, 0.3) is 10.9 Å². The number of halogens is 1. The van der Waals surface area contributed by atoms with Gasteiger partial charge < -0.3 is 15.4 Å². The molecule has 6 heteroatoms. The number of carboxylic acids is 1. The highest BCUT2D eigenvalue weighted by Crippen LogP contribution is 2.19. The van der Waals surface area contributed by atoms with Crippen molar-refractivity contribution in [1.29, 1.82) is 0 Å². The largest absolute Gasteiger partial charge is 0.481 e. The zero-order valence-electron chi connectivity index (χ0n) is 11.6. The van der Waals surface area contributed by atoms with Crippen LogP contribution in [0.3, 0.4) is 0 Å². The summed E-state index contributed by atoms with van der Waals surface area (Å²) >= 11 is 0. The number of amides is 1. The van der Waals surface area contributed by atoms with E-state index < -0.39 is 5.97 Å². The fourth-order valence-electron chi connectivity index (χ4n) is 2.22. The molecule has 1 aromatic heterocycles. The SMILES string of the molecule is CC(CCC(=O)O)NC(=O)Cc1c[nH]c2cc(F)ccc12. The van der Waals surface area contributed by atoms with Crippen LogP contribution in [0, 0.1) is 5.82 Å². The van der Waals surface area contributed by atoms with Crippen LogP contribution in [0.4, 0.5) is 4.39 Å². The Kier molecular flexibility index (Phi) is 4.57. The average molecular weight is 292 g/mol. The summed E-state index contributed by atoms with van der Waals surface area (Å²) in [5.74, 6) is -1.39. The third-order valence-electron chi connectivity index (χ3n) is 3.28. The molecular weight excluding hydrogens is 275 g/mol. The molecule has 2 rings (SSSR count). The summed E-state index contributed by atoms with van der Waals surface area (Å²) in [5.41, 5.74) is 1.43. The molecule has 0 bridgehead atoms. The number of H-pyrrole nitrogens is 1. The first-order chi connectivity index (χ1) is 9.95. The highest BCUT2D eigenvalue weighted by atomic mass is 19.1.